The summed E-state index contributed by atoms with van der Waals surface area (Å²) in [5.74, 6) is 2.12. The lowest BCUT2D eigenvalue weighted by Gasteiger charge is -2.20. The van der Waals surface area contributed by atoms with Gasteiger partial charge in [0.2, 0.25) is 16.8 Å². The van der Waals surface area contributed by atoms with Gasteiger partial charge in [-0.25, -0.2) is 8.42 Å². The van der Waals surface area contributed by atoms with Crippen LogP contribution in [-0.2, 0) is 22.9 Å². The third-order valence-electron chi connectivity index (χ3n) is 5.20. The van der Waals surface area contributed by atoms with Crippen LogP contribution in [-0.4, -0.2) is 53.6 Å². The van der Waals surface area contributed by atoms with Crippen LogP contribution in [0, 0.1) is 0 Å². The highest BCUT2D eigenvalue weighted by molar-refractivity contribution is 7.92. The van der Waals surface area contributed by atoms with Gasteiger partial charge in [-0.2, -0.15) is 0 Å². The molecular weight excluding hydrogens is 404 g/mol. The molecule has 0 saturated carbocycles. The second kappa shape index (κ2) is 8.83. The molecule has 0 fully saturated rings. The average Bonchev–Trinajstić information content (AvgIpc) is 3.39. The normalized spacial score (nSPS) is 15.2. The van der Waals surface area contributed by atoms with Crippen LogP contribution in [0.15, 0.2) is 47.5 Å². The summed E-state index contributed by atoms with van der Waals surface area (Å²) in [7, 11) is -1.72. The van der Waals surface area contributed by atoms with Crippen molar-refractivity contribution in [2.75, 3.05) is 43.5 Å². The summed E-state index contributed by atoms with van der Waals surface area (Å²) in [6.45, 7) is 1.71. The van der Waals surface area contributed by atoms with Gasteiger partial charge in [0.25, 0.3) is 0 Å². The molecule has 0 atom stereocenters. The number of ether oxygens (including phenoxy) is 2. The van der Waals surface area contributed by atoms with E-state index in [1.54, 1.807) is 7.05 Å². The quantitative estimate of drug-likeness (QED) is 0.511. The van der Waals surface area contributed by atoms with Crippen molar-refractivity contribution in [1.82, 2.24) is 10.6 Å². The third kappa shape index (κ3) is 4.46. The van der Waals surface area contributed by atoms with Crippen LogP contribution in [0.25, 0.3) is 0 Å². The van der Waals surface area contributed by atoms with E-state index in [9.17, 15) is 8.42 Å². The van der Waals surface area contributed by atoms with Gasteiger partial charge >= 0.3 is 0 Å². The Morgan fingerprint density at radius 1 is 1.10 bits per heavy atom. The topological polar surface area (TPSA) is 92.3 Å². The molecule has 160 valence electrons. The van der Waals surface area contributed by atoms with Gasteiger partial charge in [0, 0.05) is 26.7 Å². The summed E-state index contributed by atoms with van der Waals surface area (Å²) in [6.07, 6.45) is 1.53. The predicted molar refractivity (Wildman–Crippen MR) is 117 cm³/mol. The van der Waals surface area contributed by atoms with E-state index in [1.165, 1.54) is 4.31 Å². The summed E-state index contributed by atoms with van der Waals surface area (Å²) >= 11 is 0. The van der Waals surface area contributed by atoms with Crippen molar-refractivity contribution in [2.45, 2.75) is 12.8 Å². The number of nitrogens with zero attached hydrogens (tertiary/aromatic N) is 2. The van der Waals surface area contributed by atoms with Crippen LogP contribution in [0.3, 0.4) is 0 Å². The third-order valence-corrected chi connectivity index (χ3v) is 6.97. The average molecular weight is 431 g/mol. The summed E-state index contributed by atoms with van der Waals surface area (Å²) < 4.78 is 37.8. The van der Waals surface area contributed by atoms with Gasteiger partial charge in [0.15, 0.2) is 17.5 Å². The second-order valence-electron chi connectivity index (χ2n) is 7.13. The van der Waals surface area contributed by atoms with Crippen molar-refractivity contribution >= 4 is 21.7 Å². The van der Waals surface area contributed by atoms with E-state index in [0.29, 0.717) is 19.0 Å². The summed E-state index contributed by atoms with van der Waals surface area (Å²) in [6, 6.07) is 13.5. The number of hydrogen-bond acceptors (Lipinski definition) is 5. The number of nitrogens with one attached hydrogen (secondary N) is 2. The molecule has 0 bridgehead atoms. The fourth-order valence-corrected chi connectivity index (χ4v) is 5.08. The number of sulfonamides is 1. The Balaban J connectivity index is 1.24. The minimum absolute atomic E-state index is 0.00416. The maximum Gasteiger partial charge on any atom is 0.236 e. The first-order valence-electron chi connectivity index (χ1n) is 9.98. The molecule has 4 rings (SSSR count). The lowest BCUT2D eigenvalue weighted by molar-refractivity contribution is 0.174. The zero-order valence-electron chi connectivity index (χ0n) is 16.9. The van der Waals surface area contributed by atoms with E-state index < -0.39 is 10.0 Å². The van der Waals surface area contributed by atoms with Crippen molar-refractivity contribution in [3.63, 3.8) is 0 Å². The molecule has 0 saturated heterocycles. The Bertz CT molecular complexity index is 1040. The Morgan fingerprint density at radius 2 is 1.90 bits per heavy atom. The number of benzene rings is 2. The van der Waals surface area contributed by atoms with E-state index in [4.69, 9.17) is 9.47 Å². The lowest BCUT2D eigenvalue weighted by atomic mass is 10.1. The molecule has 0 amide bonds. The van der Waals surface area contributed by atoms with Crippen molar-refractivity contribution < 1.29 is 17.9 Å². The molecule has 2 aromatic carbocycles. The fourth-order valence-electron chi connectivity index (χ4n) is 3.65. The van der Waals surface area contributed by atoms with Crippen molar-refractivity contribution in [3.05, 3.63) is 53.6 Å². The van der Waals surface area contributed by atoms with Crippen LogP contribution in [0.5, 0.6) is 11.5 Å². The zero-order valence-corrected chi connectivity index (χ0v) is 17.7. The molecule has 8 nitrogen and oxygen atoms in total. The molecule has 2 aliphatic heterocycles. The maximum absolute atomic E-state index is 12.8. The monoisotopic (exact) mass is 430 g/mol. The first-order valence-corrected chi connectivity index (χ1v) is 11.6. The van der Waals surface area contributed by atoms with Crippen LogP contribution in [0.1, 0.15) is 11.1 Å². The summed E-state index contributed by atoms with van der Waals surface area (Å²) in [4.78, 5) is 4.17. The van der Waals surface area contributed by atoms with Crippen LogP contribution in [0.2, 0.25) is 0 Å². The molecule has 9 heteroatoms. The Kier molecular flexibility index (Phi) is 5.98. The molecule has 0 unspecified atom stereocenters. The maximum atomic E-state index is 12.8. The summed E-state index contributed by atoms with van der Waals surface area (Å²) in [5.41, 5.74) is 3.00. The molecule has 0 aliphatic carbocycles. The van der Waals surface area contributed by atoms with E-state index in [0.717, 1.165) is 41.2 Å². The molecule has 0 aromatic heterocycles. The van der Waals surface area contributed by atoms with E-state index in [-0.39, 0.29) is 19.1 Å². The lowest BCUT2D eigenvalue weighted by Crippen LogP contribution is -2.42. The summed E-state index contributed by atoms with van der Waals surface area (Å²) in [5, 5.41) is 6.30. The van der Waals surface area contributed by atoms with Crippen LogP contribution in [0.4, 0.5) is 5.69 Å². The minimum Gasteiger partial charge on any atom is -0.454 e. The number of anilines is 1. The van der Waals surface area contributed by atoms with E-state index in [1.807, 2.05) is 42.5 Å². The number of aliphatic imine (C=N–C) groups is 1. The van der Waals surface area contributed by atoms with E-state index >= 15 is 0 Å². The number of fused-ring (bicyclic) bond motifs is 2. The van der Waals surface area contributed by atoms with Crippen LogP contribution < -0.4 is 24.4 Å². The molecule has 2 aliphatic rings. The number of hydrogen-bond donors (Lipinski definition) is 2. The number of rotatable bonds is 7. The minimum atomic E-state index is -3.38. The van der Waals surface area contributed by atoms with Gasteiger partial charge < -0.3 is 20.1 Å². The molecule has 2 heterocycles. The first kappa shape index (κ1) is 20.3. The van der Waals surface area contributed by atoms with Crippen molar-refractivity contribution in [2.24, 2.45) is 4.99 Å². The first-order chi connectivity index (χ1) is 14.6. The van der Waals surface area contributed by atoms with Crippen molar-refractivity contribution in [3.8, 4) is 11.5 Å². The highest BCUT2D eigenvalue weighted by Crippen LogP contribution is 2.32. The van der Waals surface area contributed by atoms with Gasteiger partial charge in [0.05, 0.1) is 11.4 Å². The Labute approximate surface area is 177 Å². The molecule has 0 radical (unpaired) electrons. The predicted octanol–water partition coefficient (Wildman–Crippen LogP) is 1.52. The molecule has 0 spiro atoms. The molecule has 2 N–H and O–H groups in total. The van der Waals surface area contributed by atoms with Gasteiger partial charge in [-0.15, -0.1) is 0 Å². The highest BCUT2D eigenvalue weighted by Gasteiger charge is 2.28. The fraction of sp³-hybridized carbons (Fsp3) is 0.381. The zero-order chi connectivity index (χ0) is 21.0. The van der Waals surface area contributed by atoms with Gasteiger partial charge in [0.1, 0.15) is 0 Å². The molecular formula is C21H26N4O4S. The van der Waals surface area contributed by atoms with Gasteiger partial charge in [-0.3, -0.25) is 9.30 Å². The largest absolute Gasteiger partial charge is 0.454 e. The Hall–Kier alpha value is -2.94. The molecule has 30 heavy (non-hydrogen) atoms. The van der Waals surface area contributed by atoms with Gasteiger partial charge in [-0.1, -0.05) is 24.3 Å². The van der Waals surface area contributed by atoms with E-state index in [2.05, 4.69) is 15.6 Å². The molecule has 2 aromatic rings. The number of guanidine groups is 1. The standard InChI is InChI=1S/C21H26N4O4S/c1-22-21(23-10-8-16-6-7-19-20(14-16)29-15-28-19)24-11-13-30(26,27)25-12-9-17-4-2-3-5-18(17)25/h2-7,14H,8-13,15H2,1H3,(H2,22,23,24). The van der Waals surface area contributed by atoms with Crippen LogP contribution >= 0.6 is 0 Å². The SMILES string of the molecule is CN=C(NCCc1ccc2c(c1)OCO2)NCCS(=O)(=O)N1CCc2ccccc21. The number of para-hydroxylation sites is 1. The highest BCUT2D eigenvalue weighted by atomic mass is 32.2. The smallest absolute Gasteiger partial charge is 0.236 e. The second-order valence-corrected chi connectivity index (χ2v) is 9.14. The van der Waals surface area contributed by atoms with Crippen molar-refractivity contribution in [1.29, 1.82) is 0 Å². The van der Waals surface area contributed by atoms with Gasteiger partial charge in [-0.05, 0) is 42.2 Å². The Morgan fingerprint density at radius 3 is 2.77 bits per heavy atom.